The van der Waals surface area contributed by atoms with Crippen LogP contribution in [0.3, 0.4) is 0 Å². The number of benzene rings is 2. The van der Waals surface area contributed by atoms with Crippen LogP contribution in [0, 0.1) is 0 Å². The van der Waals surface area contributed by atoms with Crippen molar-refractivity contribution in [2.45, 2.75) is 24.8 Å². The van der Waals surface area contributed by atoms with Crippen LogP contribution < -0.4 is 9.46 Å². The molecule has 23 heavy (non-hydrogen) atoms. The Morgan fingerprint density at radius 1 is 1.09 bits per heavy atom. The molecule has 0 aromatic heterocycles. The van der Waals surface area contributed by atoms with Crippen LogP contribution in [-0.2, 0) is 10.0 Å². The number of carbonyl (C=O) groups excluding carboxylic acids is 1. The number of Topliss-reactive ketones (excluding diaryl/α,β-unsaturated/α-hetero) is 1. The summed E-state index contributed by atoms with van der Waals surface area (Å²) in [5.41, 5.74) is 0.477. The summed E-state index contributed by atoms with van der Waals surface area (Å²) in [5, 5.41) is 0. The van der Waals surface area contributed by atoms with Crippen LogP contribution in [0.25, 0.3) is 0 Å². The van der Waals surface area contributed by atoms with E-state index in [0.717, 1.165) is 0 Å². The lowest BCUT2D eigenvalue weighted by atomic mass is 10.2. The summed E-state index contributed by atoms with van der Waals surface area (Å²) in [6.45, 7) is 3.37. The second-order valence-corrected chi connectivity index (χ2v) is 6.94. The fraction of sp³-hybridized carbons (Fsp3) is 0.235. The third-order valence-corrected chi connectivity index (χ3v) is 4.65. The minimum atomic E-state index is -3.63. The van der Waals surface area contributed by atoms with Crippen molar-refractivity contribution >= 4 is 15.8 Å². The first-order valence-electron chi connectivity index (χ1n) is 7.21. The molecule has 0 fully saturated rings. The van der Waals surface area contributed by atoms with E-state index in [9.17, 15) is 13.2 Å². The summed E-state index contributed by atoms with van der Waals surface area (Å²) in [6, 6.07) is 15.0. The molecule has 0 spiro atoms. The van der Waals surface area contributed by atoms with Gasteiger partial charge in [0.1, 0.15) is 11.9 Å². The number of hydrogen-bond donors (Lipinski definition) is 1. The standard InChI is InChI=1S/C17H19NO4S/c1-13(22-16-6-4-3-5-7-16)12-18-23(20,21)17-10-8-15(9-11-17)14(2)19/h3-11,13,18H,12H2,1-2H3. The molecule has 1 unspecified atom stereocenters. The van der Waals surface area contributed by atoms with E-state index in [1.54, 1.807) is 6.92 Å². The highest BCUT2D eigenvalue weighted by atomic mass is 32.2. The maximum atomic E-state index is 12.2. The average Bonchev–Trinajstić information content (AvgIpc) is 2.54. The second-order valence-electron chi connectivity index (χ2n) is 5.17. The predicted molar refractivity (Wildman–Crippen MR) is 88.2 cm³/mol. The fourth-order valence-electron chi connectivity index (χ4n) is 1.95. The van der Waals surface area contributed by atoms with Crippen LogP contribution in [0.1, 0.15) is 24.2 Å². The van der Waals surface area contributed by atoms with Crippen molar-refractivity contribution < 1.29 is 17.9 Å². The topological polar surface area (TPSA) is 72.5 Å². The van der Waals surface area contributed by atoms with Crippen LogP contribution in [0.5, 0.6) is 5.75 Å². The van der Waals surface area contributed by atoms with Crippen molar-refractivity contribution in [2.75, 3.05) is 6.54 Å². The van der Waals surface area contributed by atoms with E-state index in [1.165, 1.54) is 31.2 Å². The first kappa shape index (κ1) is 17.2. The molecule has 0 amide bonds. The monoisotopic (exact) mass is 333 g/mol. The lowest BCUT2D eigenvalue weighted by Gasteiger charge is -2.15. The Hall–Kier alpha value is -2.18. The Morgan fingerprint density at radius 3 is 2.26 bits per heavy atom. The highest BCUT2D eigenvalue weighted by molar-refractivity contribution is 7.89. The first-order chi connectivity index (χ1) is 10.9. The maximum Gasteiger partial charge on any atom is 0.240 e. The molecule has 0 aliphatic rings. The van der Waals surface area contributed by atoms with Gasteiger partial charge in [0.15, 0.2) is 5.78 Å². The number of ketones is 1. The number of sulfonamides is 1. The van der Waals surface area contributed by atoms with E-state index < -0.39 is 10.0 Å². The SMILES string of the molecule is CC(=O)c1ccc(S(=O)(=O)NCC(C)Oc2ccccc2)cc1. The highest BCUT2D eigenvalue weighted by Crippen LogP contribution is 2.13. The summed E-state index contributed by atoms with van der Waals surface area (Å²) in [6.07, 6.45) is -0.316. The first-order valence-corrected chi connectivity index (χ1v) is 8.69. The average molecular weight is 333 g/mol. The highest BCUT2D eigenvalue weighted by Gasteiger charge is 2.16. The number of para-hydroxylation sites is 1. The van der Waals surface area contributed by atoms with Crippen molar-refractivity contribution in [2.24, 2.45) is 0 Å². The minimum Gasteiger partial charge on any atom is -0.489 e. The van der Waals surface area contributed by atoms with Gasteiger partial charge in [-0.15, -0.1) is 0 Å². The van der Waals surface area contributed by atoms with Gasteiger partial charge in [0, 0.05) is 12.1 Å². The molecule has 0 bridgehead atoms. The quantitative estimate of drug-likeness (QED) is 0.791. The molecule has 1 atom stereocenters. The molecule has 0 aliphatic carbocycles. The van der Waals surface area contributed by atoms with Gasteiger partial charge in [0.25, 0.3) is 0 Å². The zero-order valence-corrected chi connectivity index (χ0v) is 13.8. The van der Waals surface area contributed by atoms with Crippen molar-refractivity contribution in [3.05, 3.63) is 60.2 Å². The van der Waals surface area contributed by atoms with Gasteiger partial charge in [0.2, 0.25) is 10.0 Å². The summed E-state index contributed by atoms with van der Waals surface area (Å²) in [7, 11) is -3.63. The van der Waals surface area contributed by atoms with E-state index in [4.69, 9.17) is 4.74 Å². The zero-order chi connectivity index (χ0) is 16.9. The summed E-state index contributed by atoms with van der Waals surface area (Å²) >= 11 is 0. The van der Waals surface area contributed by atoms with Crippen LogP contribution in [0.2, 0.25) is 0 Å². The second kappa shape index (κ2) is 7.39. The summed E-state index contributed by atoms with van der Waals surface area (Å²) < 4.78 is 32.6. The molecule has 0 radical (unpaired) electrons. The lowest BCUT2D eigenvalue weighted by molar-refractivity contribution is 0.101. The molecule has 2 rings (SSSR count). The Balaban J connectivity index is 1.96. The Bertz CT molecular complexity index is 755. The Kier molecular flexibility index (Phi) is 5.52. The molecule has 2 aromatic rings. The molecule has 5 nitrogen and oxygen atoms in total. The molecular formula is C17H19NO4S. The van der Waals surface area contributed by atoms with Crippen LogP contribution in [0.4, 0.5) is 0 Å². The number of nitrogens with one attached hydrogen (secondary N) is 1. The number of hydrogen-bond acceptors (Lipinski definition) is 4. The van der Waals surface area contributed by atoms with Gasteiger partial charge in [-0.3, -0.25) is 4.79 Å². The zero-order valence-electron chi connectivity index (χ0n) is 13.0. The number of carbonyl (C=O) groups is 1. The van der Waals surface area contributed by atoms with Crippen LogP contribution in [0.15, 0.2) is 59.5 Å². The smallest absolute Gasteiger partial charge is 0.240 e. The van der Waals surface area contributed by atoms with Gasteiger partial charge in [-0.1, -0.05) is 30.3 Å². The maximum absolute atomic E-state index is 12.2. The summed E-state index contributed by atoms with van der Waals surface area (Å²) in [4.78, 5) is 11.3. The normalized spacial score (nSPS) is 12.6. The molecule has 0 saturated heterocycles. The molecule has 0 heterocycles. The largest absolute Gasteiger partial charge is 0.489 e. The third-order valence-electron chi connectivity index (χ3n) is 3.21. The molecule has 0 aliphatic heterocycles. The minimum absolute atomic E-state index is 0.105. The lowest BCUT2D eigenvalue weighted by Crippen LogP contribution is -2.33. The predicted octanol–water partition coefficient (Wildman–Crippen LogP) is 2.64. The van der Waals surface area contributed by atoms with Crippen molar-refractivity contribution in [3.8, 4) is 5.75 Å². The van der Waals surface area contributed by atoms with Gasteiger partial charge in [0.05, 0.1) is 4.90 Å². The van der Waals surface area contributed by atoms with Gasteiger partial charge in [-0.25, -0.2) is 13.1 Å². The van der Waals surface area contributed by atoms with Gasteiger partial charge in [-0.05, 0) is 38.1 Å². The van der Waals surface area contributed by atoms with Crippen molar-refractivity contribution in [1.82, 2.24) is 4.72 Å². The van der Waals surface area contributed by atoms with Crippen molar-refractivity contribution in [3.63, 3.8) is 0 Å². The van der Waals surface area contributed by atoms with E-state index in [1.807, 2.05) is 30.3 Å². The van der Waals surface area contributed by atoms with Gasteiger partial charge >= 0.3 is 0 Å². The third kappa shape index (κ3) is 4.91. The van der Waals surface area contributed by atoms with Crippen LogP contribution >= 0.6 is 0 Å². The van der Waals surface area contributed by atoms with E-state index in [-0.39, 0.29) is 23.3 Å². The van der Waals surface area contributed by atoms with Gasteiger partial charge < -0.3 is 4.74 Å². The molecule has 2 aromatic carbocycles. The Morgan fingerprint density at radius 2 is 1.70 bits per heavy atom. The molecule has 0 saturated carbocycles. The molecular weight excluding hydrogens is 314 g/mol. The molecule has 6 heteroatoms. The van der Waals surface area contributed by atoms with Crippen molar-refractivity contribution in [1.29, 1.82) is 0 Å². The van der Waals surface area contributed by atoms with Crippen LogP contribution in [-0.4, -0.2) is 26.8 Å². The molecule has 122 valence electrons. The number of rotatable bonds is 7. The Labute approximate surface area is 136 Å². The number of ether oxygens (including phenoxy) is 1. The summed E-state index contributed by atoms with van der Waals surface area (Å²) in [5.74, 6) is 0.580. The van der Waals surface area contributed by atoms with E-state index in [2.05, 4.69) is 4.72 Å². The van der Waals surface area contributed by atoms with Gasteiger partial charge in [-0.2, -0.15) is 0 Å². The van der Waals surface area contributed by atoms with E-state index >= 15 is 0 Å². The fourth-order valence-corrected chi connectivity index (χ4v) is 3.07. The molecule has 1 N–H and O–H groups in total. The van der Waals surface area contributed by atoms with E-state index in [0.29, 0.717) is 11.3 Å².